The van der Waals surface area contributed by atoms with Crippen molar-refractivity contribution >= 4 is 15.8 Å². The highest BCUT2D eigenvalue weighted by Crippen LogP contribution is 2.19. The van der Waals surface area contributed by atoms with Crippen molar-refractivity contribution in [2.75, 3.05) is 31.7 Å². The van der Waals surface area contributed by atoms with E-state index >= 15 is 0 Å². The Hall–Kier alpha value is -1.76. The van der Waals surface area contributed by atoms with E-state index < -0.39 is 9.84 Å². The molecule has 1 saturated heterocycles. The molecule has 2 rings (SSSR count). The molecule has 7 heteroatoms. The maximum Gasteiger partial charge on any atom is 0.191 e. The standard InChI is InChI=1S/C19H31N3O3S/c1-14(2)12-25-18-7-5-17(6-8-18)15(3)22-19(20-4)21-11-16-9-10-26(23,24)13-16/h5-8,14-16H,9-13H2,1-4H3,(H2,20,21,22). The second-order valence-electron chi connectivity index (χ2n) is 7.36. The molecule has 146 valence electrons. The molecule has 1 heterocycles. The first-order valence-electron chi connectivity index (χ1n) is 9.19. The van der Waals surface area contributed by atoms with Crippen molar-refractivity contribution in [2.45, 2.75) is 33.2 Å². The number of benzene rings is 1. The van der Waals surface area contributed by atoms with Crippen LogP contribution in [0.3, 0.4) is 0 Å². The smallest absolute Gasteiger partial charge is 0.191 e. The van der Waals surface area contributed by atoms with Gasteiger partial charge in [-0.1, -0.05) is 26.0 Å². The highest BCUT2D eigenvalue weighted by Gasteiger charge is 2.27. The number of guanidine groups is 1. The van der Waals surface area contributed by atoms with Crippen LogP contribution in [-0.2, 0) is 9.84 Å². The minimum absolute atomic E-state index is 0.0765. The van der Waals surface area contributed by atoms with Gasteiger partial charge < -0.3 is 15.4 Å². The SMILES string of the molecule is CN=C(NCC1CCS(=O)(=O)C1)NC(C)c1ccc(OCC(C)C)cc1. The Bertz CT molecular complexity index is 699. The van der Waals surface area contributed by atoms with Gasteiger partial charge in [0.05, 0.1) is 24.2 Å². The maximum atomic E-state index is 11.5. The molecule has 1 aliphatic rings. The molecule has 0 saturated carbocycles. The van der Waals surface area contributed by atoms with E-state index in [1.54, 1.807) is 7.05 Å². The second kappa shape index (κ2) is 9.26. The summed E-state index contributed by atoms with van der Waals surface area (Å²) in [5, 5.41) is 6.59. The largest absolute Gasteiger partial charge is 0.493 e. The fourth-order valence-corrected chi connectivity index (χ4v) is 4.73. The van der Waals surface area contributed by atoms with Crippen LogP contribution in [0.15, 0.2) is 29.3 Å². The van der Waals surface area contributed by atoms with Crippen molar-refractivity contribution in [1.82, 2.24) is 10.6 Å². The molecular formula is C19H31N3O3S. The lowest BCUT2D eigenvalue weighted by Crippen LogP contribution is -2.41. The lowest BCUT2D eigenvalue weighted by molar-refractivity contribution is 0.271. The van der Waals surface area contributed by atoms with Gasteiger partial charge in [-0.05, 0) is 42.9 Å². The third-order valence-electron chi connectivity index (χ3n) is 4.43. The summed E-state index contributed by atoms with van der Waals surface area (Å²) in [6.45, 7) is 7.64. The Morgan fingerprint density at radius 2 is 1.96 bits per heavy atom. The number of rotatable bonds is 7. The first kappa shape index (κ1) is 20.6. The van der Waals surface area contributed by atoms with Gasteiger partial charge in [-0.2, -0.15) is 0 Å². The molecule has 26 heavy (non-hydrogen) atoms. The number of aliphatic imine (C=N–C) groups is 1. The predicted octanol–water partition coefficient (Wildman–Crippen LogP) is 2.38. The molecule has 0 bridgehead atoms. The van der Waals surface area contributed by atoms with Gasteiger partial charge in [0.2, 0.25) is 0 Å². The lowest BCUT2D eigenvalue weighted by Gasteiger charge is -2.20. The molecule has 2 N–H and O–H groups in total. The van der Waals surface area contributed by atoms with Gasteiger partial charge in [-0.3, -0.25) is 4.99 Å². The van der Waals surface area contributed by atoms with Gasteiger partial charge in [0.1, 0.15) is 5.75 Å². The van der Waals surface area contributed by atoms with E-state index in [-0.39, 0.29) is 17.7 Å². The Labute approximate surface area is 157 Å². The normalized spacial score (nSPS) is 20.8. The third kappa shape index (κ3) is 6.52. The van der Waals surface area contributed by atoms with Gasteiger partial charge in [0, 0.05) is 13.6 Å². The zero-order valence-electron chi connectivity index (χ0n) is 16.2. The Kier molecular flexibility index (Phi) is 7.32. The second-order valence-corrected chi connectivity index (χ2v) is 9.59. The number of nitrogens with zero attached hydrogens (tertiary/aromatic N) is 1. The molecule has 0 radical (unpaired) electrons. The van der Waals surface area contributed by atoms with Crippen molar-refractivity contribution < 1.29 is 13.2 Å². The van der Waals surface area contributed by atoms with E-state index in [4.69, 9.17) is 4.74 Å². The molecule has 2 unspecified atom stereocenters. The molecule has 0 spiro atoms. The summed E-state index contributed by atoms with van der Waals surface area (Å²) in [5.74, 6) is 2.78. The molecule has 1 aromatic rings. The van der Waals surface area contributed by atoms with Crippen LogP contribution in [0.4, 0.5) is 0 Å². The summed E-state index contributed by atoms with van der Waals surface area (Å²) < 4.78 is 28.8. The van der Waals surface area contributed by atoms with Crippen LogP contribution < -0.4 is 15.4 Å². The average Bonchev–Trinajstić information content (AvgIpc) is 2.96. The molecular weight excluding hydrogens is 350 g/mol. The van der Waals surface area contributed by atoms with Crippen LogP contribution in [0.1, 0.15) is 38.8 Å². The molecule has 1 aromatic carbocycles. The third-order valence-corrected chi connectivity index (χ3v) is 6.26. The summed E-state index contributed by atoms with van der Waals surface area (Å²) in [7, 11) is -1.12. The summed E-state index contributed by atoms with van der Waals surface area (Å²) >= 11 is 0. The fourth-order valence-electron chi connectivity index (χ4n) is 2.87. The predicted molar refractivity (Wildman–Crippen MR) is 106 cm³/mol. The van der Waals surface area contributed by atoms with Crippen molar-refractivity contribution in [1.29, 1.82) is 0 Å². The van der Waals surface area contributed by atoms with Gasteiger partial charge in [-0.15, -0.1) is 0 Å². The summed E-state index contributed by atoms with van der Waals surface area (Å²) in [4.78, 5) is 4.24. The minimum Gasteiger partial charge on any atom is -0.493 e. The van der Waals surface area contributed by atoms with Crippen LogP contribution in [0.5, 0.6) is 5.75 Å². The average molecular weight is 382 g/mol. The molecule has 0 amide bonds. The monoisotopic (exact) mass is 381 g/mol. The quantitative estimate of drug-likeness (QED) is 0.560. The Balaban J connectivity index is 1.83. The van der Waals surface area contributed by atoms with Crippen LogP contribution in [-0.4, -0.2) is 46.1 Å². The van der Waals surface area contributed by atoms with E-state index in [9.17, 15) is 8.42 Å². The van der Waals surface area contributed by atoms with E-state index in [2.05, 4.69) is 36.4 Å². The summed E-state index contributed by atoms with van der Waals surface area (Å²) in [5.41, 5.74) is 1.13. The lowest BCUT2D eigenvalue weighted by atomic mass is 10.1. The van der Waals surface area contributed by atoms with Crippen LogP contribution in [0.2, 0.25) is 0 Å². The molecule has 1 fully saturated rings. The fraction of sp³-hybridized carbons (Fsp3) is 0.632. The first-order chi connectivity index (χ1) is 12.3. The Morgan fingerprint density at radius 1 is 1.27 bits per heavy atom. The van der Waals surface area contributed by atoms with Gasteiger partial charge in [0.15, 0.2) is 15.8 Å². The number of nitrogens with one attached hydrogen (secondary N) is 2. The van der Waals surface area contributed by atoms with Crippen molar-refractivity contribution in [3.63, 3.8) is 0 Å². The molecule has 0 aliphatic carbocycles. The molecule has 1 aliphatic heterocycles. The first-order valence-corrected chi connectivity index (χ1v) is 11.0. The topological polar surface area (TPSA) is 79.8 Å². The van der Waals surface area contributed by atoms with Crippen LogP contribution >= 0.6 is 0 Å². The van der Waals surface area contributed by atoms with Gasteiger partial charge >= 0.3 is 0 Å². The number of sulfone groups is 1. The molecule has 0 aromatic heterocycles. The van der Waals surface area contributed by atoms with E-state index in [1.165, 1.54) is 0 Å². The van der Waals surface area contributed by atoms with E-state index in [0.717, 1.165) is 17.7 Å². The number of hydrogen-bond donors (Lipinski definition) is 2. The molecule has 2 atom stereocenters. The molecule has 6 nitrogen and oxygen atoms in total. The highest BCUT2D eigenvalue weighted by molar-refractivity contribution is 7.91. The highest BCUT2D eigenvalue weighted by atomic mass is 32.2. The summed E-state index contributed by atoms with van der Waals surface area (Å²) in [6.07, 6.45) is 0.722. The van der Waals surface area contributed by atoms with Crippen molar-refractivity contribution in [3.8, 4) is 5.75 Å². The van der Waals surface area contributed by atoms with Crippen molar-refractivity contribution in [2.24, 2.45) is 16.8 Å². The zero-order valence-corrected chi connectivity index (χ0v) is 17.0. The van der Waals surface area contributed by atoms with Crippen LogP contribution in [0, 0.1) is 11.8 Å². The zero-order chi connectivity index (χ0) is 19.2. The van der Waals surface area contributed by atoms with Gasteiger partial charge in [0.25, 0.3) is 0 Å². The Morgan fingerprint density at radius 3 is 2.50 bits per heavy atom. The maximum absolute atomic E-state index is 11.5. The number of hydrogen-bond acceptors (Lipinski definition) is 4. The summed E-state index contributed by atoms with van der Waals surface area (Å²) in [6, 6.07) is 8.13. The van der Waals surface area contributed by atoms with Gasteiger partial charge in [-0.25, -0.2) is 8.42 Å². The van der Waals surface area contributed by atoms with Crippen molar-refractivity contribution in [3.05, 3.63) is 29.8 Å². The van der Waals surface area contributed by atoms with E-state index in [0.29, 0.717) is 30.8 Å². The van der Waals surface area contributed by atoms with E-state index in [1.807, 2.05) is 24.3 Å². The van der Waals surface area contributed by atoms with Crippen LogP contribution in [0.25, 0.3) is 0 Å². The minimum atomic E-state index is -2.84. The number of ether oxygens (including phenoxy) is 1.